The van der Waals surface area contributed by atoms with Crippen molar-refractivity contribution in [3.8, 4) is 0 Å². The number of carbonyl (C=O) groups excluding carboxylic acids is 3. The number of carboxylic acids is 1. The first-order valence-corrected chi connectivity index (χ1v) is 30.6. The highest BCUT2D eigenvalue weighted by molar-refractivity contribution is 6.32. The zero-order valence-electron chi connectivity index (χ0n) is 48.3. The molecule has 6 atom stereocenters. The van der Waals surface area contributed by atoms with Gasteiger partial charge in [0, 0.05) is 69.2 Å². The fraction of sp³-hybridized carbons (Fsp3) is 0.587. The number of benzene rings is 2. The average Bonchev–Trinajstić information content (AvgIpc) is 1.54. The standard InChI is InChI=1S/C32H38Cl2FN3O3.C24H24Cl2FN3O3.C7H15NO/c1-29(2)8-10-31(11-9-29)32(21-6-5-19(33)16-22(21)37-28(32)40)24(20-7-12-36-27(34)25(20)35)26(38-31)23(39)15-17-13-18(14-17)30(3,4)41;1-22(2)6-8-23(9-7-22)24(14-4-3-12(25)11-15(14)29-21(24)33)16(18(30-23)20(31)32)13-5-10-28-19(26)17(13)27;1-7(2,9)5-3-6(8)4-5/h5-7,12,16-18,24,26,38,41H,8-11,13-15H2,1-4H3,(H,37,40);3-5,10-11,16,18,30H,6-9H2,1-2H3,(H,29,33)(H,31,32);5-6,9H,3-4,8H2,1-2H3/t17?,18?,24-,26-,32+;16-,18+,24?;/m00./s1. The van der Waals surface area contributed by atoms with Crippen LogP contribution in [-0.2, 0) is 30.0 Å². The van der Waals surface area contributed by atoms with Gasteiger partial charge in [0.1, 0.15) is 16.9 Å². The number of nitrogens with one attached hydrogen (secondary N) is 4. The number of nitrogens with zero attached hydrogens (tertiary/aromatic N) is 2. The van der Waals surface area contributed by atoms with Crippen LogP contribution in [0.1, 0.15) is 173 Å². The third-order valence-electron chi connectivity index (χ3n) is 20.8. The molecule has 83 heavy (non-hydrogen) atoms. The SMILES string of the molecule is CC(C)(O)C1CC(N)C1.CC1(C)CCC2(CC1)N[C@@H](C(=O)CC1CC(C(C)(C)O)C1)[C@H](c1ccnc(Cl)c1F)[C@]21C(=O)Nc2cc(Cl)ccc21.CC1(C)CCC2(CC1)N[C@@H](C(=O)O)[C@H](c1ccnc(Cl)c1F)C21C(=O)Nc2cc(Cl)ccc21. The van der Waals surface area contributed by atoms with E-state index in [1.54, 1.807) is 50.2 Å². The number of nitrogens with two attached hydrogens (primary N) is 1. The molecule has 4 aliphatic carbocycles. The number of aliphatic carboxylic acids is 1. The molecule has 4 spiro atoms. The van der Waals surface area contributed by atoms with Crippen molar-refractivity contribution in [3.63, 3.8) is 0 Å². The monoisotopic (exact) mass is 1220 g/mol. The Morgan fingerprint density at radius 2 is 1.01 bits per heavy atom. The van der Waals surface area contributed by atoms with E-state index in [0.717, 1.165) is 56.9 Å². The zero-order valence-corrected chi connectivity index (χ0v) is 51.3. The highest BCUT2D eigenvalue weighted by atomic mass is 35.5. The van der Waals surface area contributed by atoms with E-state index in [-0.39, 0.29) is 61.7 Å². The van der Waals surface area contributed by atoms with Gasteiger partial charge in [-0.05, 0) is 192 Å². The molecule has 448 valence electrons. The number of aliphatic hydroxyl groups is 2. The van der Waals surface area contributed by atoms with Crippen molar-refractivity contribution < 1.29 is 43.3 Å². The van der Waals surface area contributed by atoms with Crippen molar-refractivity contribution in [2.75, 3.05) is 10.6 Å². The van der Waals surface area contributed by atoms with Gasteiger partial charge in [-0.1, -0.05) is 86.2 Å². The molecule has 1 unspecified atom stereocenters. The molecule has 8 aliphatic rings. The molecule has 2 saturated heterocycles. The van der Waals surface area contributed by atoms with E-state index in [1.807, 2.05) is 19.9 Å². The number of ketones is 1. The highest BCUT2D eigenvalue weighted by Crippen LogP contribution is 2.66. The lowest BCUT2D eigenvalue weighted by molar-refractivity contribution is -0.139. The maximum Gasteiger partial charge on any atom is 0.321 e. The summed E-state index contributed by atoms with van der Waals surface area (Å²) in [6.45, 7) is 16.1. The minimum Gasteiger partial charge on any atom is -0.480 e. The molecule has 2 amide bonds. The fourth-order valence-electron chi connectivity index (χ4n) is 15.8. The Balaban J connectivity index is 0.000000164. The van der Waals surface area contributed by atoms with Gasteiger partial charge in [-0.15, -0.1) is 0 Å². The van der Waals surface area contributed by atoms with Crippen molar-refractivity contribution in [1.29, 1.82) is 0 Å². The van der Waals surface area contributed by atoms with E-state index < -0.39 is 74.6 Å². The van der Waals surface area contributed by atoms with E-state index in [1.165, 1.54) is 18.5 Å². The Morgan fingerprint density at radius 3 is 1.39 bits per heavy atom. The molecule has 14 nitrogen and oxygen atoms in total. The number of amides is 2. The lowest BCUT2D eigenvalue weighted by Crippen LogP contribution is -2.61. The molecule has 2 aromatic carbocycles. The highest BCUT2D eigenvalue weighted by Gasteiger charge is 2.75. The van der Waals surface area contributed by atoms with Crippen LogP contribution in [0.25, 0.3) is 0 Å². The predicted molar refractivity (Wildman–Crippen MR) is 318 cm³/mol. The first kappa shape index (κ1) is 61.7. The lowest BCUT2D eigenvalue weighted by atomic mass is 9.53. The molecule has 20 heteroatoms. The number of carbonyl (C=O) groups is 4. The minimum absolute atomic E-state index is 0.0437. The molecular formula is C63H77Cl4F2N7O7. The van der Waals surface area contributed by atoms with Crippen LogP contribution in [0.4, 0.5) is 20.2 Å². The van der Waals surface area contributed by atoms with Crippen LogP contribution >= 0.6 is 46.4 Å². The summed E-state index contributed by atoms with van der Waals surface area (Å²) >= 11 is 24.8. The average molecular weight is 1220 g/mol. The van der Waals surface area contributed by atoms with Gasteiger partial charge in [-0.25, -0.2) is 18.7 Å². The van der Waals surface area contributed by atoms with Gasteiger partial charge in [0.15, 0.2) is 27.7 Å². The van der Waals surface area contributed by atoms with Crippen molar-refractivity contribution in [1.82, 2.24) is 20.6 Å². The van der Waals surface area contributed by atoms with Crippen LogP contribution < -0.4 is 27.0 Å². The third-order valence-corrected chi connectivity index (χ3v) is 21.8. The van der Waals surface area contributed by atoms with E-state index in [2.05, 4.69) is 58.9 Å². The Kier molecular flexibility index (Phi) is 16.2. The van der Waals surface area contributed by atoms with Gasteiger partial charge in [0.25, 0.3) is 0 Å². The number of Topliss-reactive ketones (excluding diaryl/α,β-unsaturated/α-hetero) is 1. The van der Waals surface area contributed by atoms with E-state index in [9.17, 15) is 34.5 Å². The van der Waals surface area contributed by atoms with Gasteiger partial charge in [-0.3, -0.25) is 29.8 Å². The van der Waals surface area contributed by atoms with Crippen molar-refractivity contribution in [2.45, 2.75) is 202 Å². The van der Waals surface area contributed by atoms with Crippen LogP contribution in [-0.4, -0.2) is 89.3 Å². The van der Waals surface area contributed by atoms with Crippen LogP contribution in [0.3, 0.4) is 0 Å². The first-order valence-electron chi connectivity index (χ1n) is 29.0. The molecule has 4 aliphatic heterocycles. The Bertz CT molecular complexity index is 3230. The Labute approximate surface area is 504 Å². The quantitative estimate of drug-likeness (QED) is 0.0771. The molecule has 0 radical (unpaired) electrons. The summed E-state index contributed by atoms with van der Waals surface area (Å²) in [7, 11) is 0. The third kappa shape index (κ3) is 10.5. The predicted octanol–water partition coefficient (Wildman–Crippen LogP) is 12.0. The van der Waals surface area contributed by atoms with Gasteiger partial charge < -0.3 is 31.7 Å². The second-order valence-corrected chi connectivity index (χ2v) is 29.5. The summed E-state index contributed by atoms with van der Waals surface area (Å²) in [5.74, 6) is -4.48. The van der Waals surface area contributed by atoms with Crippen LogP contribution in [0.2, 0.25) is 20.4 Å². The summed E-state index contributed by atoms with van der Waals surface area (Å²) in [6.07, 6.45) is 12.3. The van der Waals surface area contributed by atoms with Crippen molar-refractivity contribution in [2.24, 2.45) is 34.3 Å². The van der Waals surface area contributed by atoms with Gasteiger partial charge in [0.05, 0.1) is 17.2 Å². The molecule has 4 saturated carbocycles. The fourth-order valence-corrected chi connectivity index (χ4v) is 16.5. The van der Waals surface area contributed by atoms with E-state index >= 15 is 8.78 Å². The Hall–Kier alpha value is -4.36. The molecule has 0 bridgehead atoms. The summed E-state index contributed by atoms with van der Waals surface area (Å²) in [4.78, 5) is 63.1. The maximum absolute atomic E-state index is 16.0. The van der Waals surface area contributed by atoms with Gasteiger partial charge in [0.2, 0.25) is 11.8 Å². The van der Waals surface area contributed by atoms with Gasteiger partial charge in [-0.2, -0.15) is 0 Å². The normalized spacial score (nSPS) is 31.2. The van der Waals surface area contributed by atoms with Crippen molar-refractivity contribution >= 4 is 81.3 Å². The Morgan fingerprint density at radius 1 is 0.627 bits per heavy atom. The second kappa shape index (κ2) is 21.8. The number of pyridine rings is 2. The summed E-state index contributed by atoms with van der Waals surface area (Å²) in [6, 6.07) is 11.8. The number of aromatic nitrogens is 2. The maximum atomic E-state index is 16.0. The number of carboxylic acid groups (broad SMARTS) is 1. The van der Waals surface area contributed by atoms with E-state index in [0.29, 0.717) is 71.0 Å². The summed E-state index contributed by atoms with van der Waals surface area (Å²) in [5.41, 5.74) is 2.86. The number of rotatable bonds is 8. The molecule has 9 N–H and O–H groups in total. The first-order chi connectivity index (χ1) is 38.7. The number of anilines is 2. The van der Waals surface area contributed by atoms with Crippen LogP contribution in [0.5, 0.6) is 0 Å². The summed E-state index contributed by atoms with van der Waals surface area (Å²) in [5, 5.41) is 43.4. The largest absolute Gasteiger partial charge is 0.480 e. The molecule has 12 rings (SSSR count). The number of hydrogen-bond acceptors (Lipinski definition) is 11. The molecule has 4 aromatic rings. The summed E-state index contributed by atoms with van der Waals surface area (Å²) < 4.78 is 31.4. The molecule has 6 heterocycles. The smallest absolute Gasteiger partial charge is 0.321 e. The van der Waals surface area contributed by atoms with Crippen LogP contribution in [0.15, 0.2) is 60.9 Å². The van der Waals surface area contributed by atoms with Gasteiger partial charge >= 0.3 is 5.97 Å². The van der Waals surface area contributed by atoms with Crippen LogP contribution in [0, 0.1) is 40.2 Å². The van der Waals surface area contributed by atoms with Crippen molar-refractivity contribution in [3.05, 3.63) is 115 Å². The second-order valence-electron chi connectivity index (χ2n) is 27.9. The minimum atomic E-state index is -1.36. The number of hydrogen-bond donors (Lipinski definition) is 8. The van der Waals surface area contributed by atoms with E-state index in [4.69, 9.17) is 52.1 Å². The topological polar surface area (TPSA) is 229 Å². The lowest BCUT2D eigenvalue weighted by Gasteiger charge is -2.50. The number of halogens is 6. The molecular weight excluding hydrogens is 1150 g/mol. The zero-order chi connectivity index (χ0) is 60.4. The molecule has 2 aromatic heterocycles. The number of fused-ring (bicyclic) bond motifs is 6. The molecule has 6 fully saturated rings.